The molecule has 1 aromatic heterocycles. The minimum absolute atomic E-state index is 0.222. The Morgan fingerprint density at radius 3 is 2.31 bits per heavy atom. The number of esters is 1. The number of ether oxygens (including phenoxy) is 1. The number of rotatable bonds is 8. The number of amides is 2. The maximum Gasteiger partial charge on any atom is 0.338 e. The maximum atomic E-state index is 12.2. The van der Waals surface area contributed by atoms with E-state index in [4.69, 9.17) is 4.74 Å². The summed E-state index contributed by atoms with van der Waals surface area (Å²) in [6.07, 6.45) is 3.05. The molecule has 0 fully saturated rings. The van der Waals surface area contributed by atoms with Crippen molar-refractivity contribution in [3.8, 4) is 0 Å². The van der Waals surface area contributed by atoms with E-state index in [9.17, 15) is 14.4 Å². The molecule has 2 aromatic carbocycles. The third-order valence-corrected chi connectivity index (χ3v) is 4.72. The van der Waals surface area contributed by atoms with Gasteiger partial charge in [-0.15, -0.1) is 0 Å². The summed E-state index contributed by atoms with van der Waals surface area (Å²) in [4.78, 5) is 40.2. The maximum absolute atomic E-state index is 12.2. The molecule has 0 atom stereocenters. The van der Waals surface area contributed by atoms with Crippen LogP contribution in [0, 0.1) is 20.8 Å². The summed E-state index contributed by atoms with van der Waals surface area (Å²) in [6, 6.07) is 10.7. The first-order valence-corrected chi connectivity index (χ1v) is 10.0. The third-order valence-electron chi connectivity index (χ3n) is 4.72. The van der Waals surface area contributed by atoms with Crippen LogP contribution >= 0.6 is 0 Å². The number of aryl methyl sites for hydroxylation is 3. The molecule has 3 rings (SSSR count). The molecule has 0 aliphatic rings. The second kappa shape index (κ2) is 10.3. The molecule has 166 valence electrons. The van der Waals surface area contributed by atoms with Crippen molar-refractivity contribution in [2.75, 3.05) is 18.5 Å². The molecule has 0 aliphatic carbocycles. The summed E-state index contributed by atoms with van der Waals surface area (Å²) in [5, 5.41) is 9.27. The number of nitrogens with zero attached hydrogens (tertiary/aromatic N) is 3. The van der Waals surface area contributed by atoms with Gasteiger partial charge in [0.05, 0.1) is 18.7 Å². The molecule has 0 spiro atoms. The lowest BCUT2D eigenvalue weighted by Gasteiger charge is -2.13. The zero-order valence-corrected chi connectivity index (χ0v) is 18.2. The van der Waals surface area contributed by atoms with Gasteiger partial charge in [-0.25, -0.2) is 14.5 Å². The Balaban J connectivity index is 1.42. The Morgan fingerprint density at radius 2 is 1.69 bits per heavy atom. The van der Waals surface area contributed by atoms with Gasteiger partial charge in [-0.3, -0.25) is 9.59 Å². The van der Waals surface area contributed by atoms with Crippen molar-refractivity contribution in [2.45, 2.75) is 27.3 Å². The van der Waals surface area contributed by atoms with E-state index >= 15 is 0 Å². The zero-order chi connectivity index (χ0) is 23.1. The van der Waals surface area contributed by atoms with E-state index in [1.165, 1.54) is 6.33 Å². The quantitative estimate of drug-likeness (QED) is 0.524. The Kier molecular flexibility index (Phi) is 7.33. The average Bonchev–Trinajstić information content (AvgIpc) is 3.26. The van der Waals surface area contributed by atoms with Crippen LogP contribution in [0.1, 0.15) is 32.6 Å². The number of carbonyl (C=O) groups excluding carboxylic acids is 3. The molecule has 2 N–H and O–H groups in total. The minimum atomic E-state index is -0.622. The number of carbonyl (C=O) groups is 3. The summed E-state index contributed by atoms with van der Waals surface area (Å²) in [7, 11) is 0. The Morgan fingerprint density at radius 1 is 1.00 bits per heavy atom. The van der Waals surface area contributed by atoms with E-state index in [1.807, 2.05) is 32.9 Å². The minimum Gasteiger partial charge on any atom is -0.452 e. The monoisotopic (exact) mass is 435 g/mol. The molecule has 0 aliphatic heterocycles. The number of hydrogen-bond acceptors (Lipinski definition) is 6. The molecule has 3 aromatic rings. The smallest absolute Gasteiger partial charge is 0.338 e. The Bertz CT molecular complexity index is 1080. The van der Waals surface area contributed by atoms with Crippen molar-refractivity contribution in [3.63, 3.8) is 0 Å². The first-order valence-electron chi connectivity index (χ1n) is 10.0. The second-order valence-electron chi connectivity index (χ2n) is 7.46. The van der Waals surface area contributed by atoms with Crippen LogP contribution in [0.2, 0.25) is 0 Å². The van der Waals surface area contributed by atoms with E-state index < -0.39 is 18.5 Å². The van der Waals surface area contributed by atoms with Crippen molar-refractivity contribution in [3.05, 3.63) is 76.9 Å². The molecule has 1 heterocycles. The Labute approximate surface area is 185 Å². The van der Waals surface area contributed by atoms with Gasteiger partial charge in [-0.1, -0.05) is 29.8 Å². The van der Waals surface area contributed by atoms with Gasteiger partial charge in [0.15, 0.2) is 6.61 Å². The molecular formula is C23H25N5O4. The van der Waals surface area contributed by atoms with Gasteiger partial charge in [-0.2, -0.15) is 5.10 Å². The Hall–Kier alpha value is -4.01. The van der Waals surface area contributed by atoms with Crippen molar-refractivity contribution in [2.24, 2.45) is 0 Å². The lowest BCUT2D eigenvalue weighted by molar-refractivity contribution is -0.126. The SMILES string of the molecule is Cc1cc(C)c(NC(=O)CNC(=O)COC(=O)c2ccc(Cn3cncn3)cc2)c(C)c1. The van der Waals surface area contributed by atoms with E-state index in [0.29, 0.717) is 12.1 Å². The first-order chi connectivity index (χ1) is 15.3. The largest absolute Gasteiger partial charge is 0.452 e. The summed E-state index contributed by atoms with van der Waals surface area (Å²) in [5.41, 5.74) is 5.00. The molecular weight excluding hydrogens is 410 g/mol. The highest BCUT2D eigenvalue weighted by atomic mass is 16.5. The topological polar surface area (TPSA) is 115 Å². The number of benzene rings is 2. The predicted molar refractivity (Wildman–Crippen MR) is 118 cm³/mol. The lowest BCUT2D eigenvalue weighted by atomic mass is 10.1. The van der Waals surface area contributed by atoms with Crippen LogP contribution in [0.4, 0.5) is 5.69 Å². The highest BCUT2D eigenvalue weighted by Crippen LogP contribution is 2.21. The van der Waals surface area contributed by atoms with Crippen LogP contribution in [0.3, 0.4) is 0 Å². The van der Waals surface area contributed by atoms with Crippen molar-refractivity contribution in [1.29, 1.82) is 0 Å². The van der Waals surface area contributed by atoms with Gasteiger partial charge in [-0.05, 0) is 49.6 Å². The van der Waals surface area contributed by atoms with Gasteiger partial charge >= 0.3 is 5.97 Å². The van der Waals surface area contributed by atoms with Crippen molar-refractivity contribution >= 4 is 23.5 Å². The lowest BCUT2D eigenvalue weighted by Crippen LogP contribution is -2.35. The van der Waals surface area contributed by atoms with Crippen molar-refractivity contribution < 1.29 is 19.1 Å². The van der Waals surface area contributed by atoms with E-state index in [1.54, 1.807) is 35.3 Å². The van der Waals surface area contributed by atoms with Crippen molar-refractivity contribution in [1.82, 2.24) is 20.1 Å². The molecule has 0 radical (unpaired) electrons. The van der Waals surface area contributed by atoms with Crippen LogP contribution < -0.4 is 10.6 Å². The number of hydrogen-bond donors (Lipinski definition) is 2. The van der Waals surface area contributed by atoms with Gasteiger partial charge in [0, 0.05) is 5.69 Å². The predicted octanol–water partition coefficient (Wildman–Crippen LogP) is 2.16. The van der Waals surface area contributed by atoms with Gasteiger partial charge in [0.2, 0.25) is 5.91 Å². The third kappa shape index (κ3) is 6.24. The van der Waals surface area contributed by atoms with Crippen LogP contribution in [0.5, 0.6) is 0 Å². The van der Waals surface area contributed by atoms with Crippen LogP contribution in [0.15, 0.2) is 49.1 Å². The molecule has 2 amide bonds. The van der Waals surface area contributed by atoms with E-state index in [-0.39, 0.29) is 12.5 Å². The normalized spacial score (nSPS) is 10.5. The summed E-state index contributed by atoms with van der Waals surface area (Å²) in [6.45, 7) is 5.64. The fourth-order valence-electron chi connectivity index (χ4n) is 3.25. The average molecular weight is 435 g/mol. The highest BCUT2D eigenvalue weighted by molar-refractivity contribution is 5.96. The fraction of sp³-hybridized carbons (Fsp3) is 0.261. The van der Waals surface area contributed by atoms with Gasteiger partial charge < -0.3 is 15.4 Å². The molecule has 0 bridgehead atoms. The molecule has 32 heavy (non-hydrogen) atoms. The van der Waals surface area contributed by atoms with Crippen LogP contribution in [-0.2, 0) is 20.9 Å². The van der Waals surface area contributed by atoms with Gasteiger partial charge in [0.25, 0.3) is 5.91 Å². The summed E-state index contributed by atoms with van der Waals surface area (Å²) in [5.74, 6) is -1.54. The number of nitrogens with one attached hydrogen (secondary N) is 2. The standard InChI is InChI=1S/C23H25N5O4/c1-15-8-16(2)22(17(3)9-15)27-20(29)10-25-21(30)12-32-23(31)19-6-4-18(5-7-19)11-28-14-24-13-26-28/h4-9,13-14H,10-12H2,1-3H3,(H,25,30)(H,27,29). The molecule has 0 saturated heterocycles. The molecule has 0 saturated carbocycles. The van der Waals surface area contributed by atoms with E-state index in [0.717, 1.165) is 27.9 Å². The summed E-state index contributed by atoms with van der Waals surface area (Å²) >= 11 is 0. The van der Waals surface area contributed by atoms with Gasteiger partial charge in [0.1, 0.15) is 12.7 Å². The second-order valence-corrected chi connectivity index (χ2v) is 7.46. The first kappa shape index (κ1) is 22.7. The number of aromatic nitrogens is 3. The summed E-state index contributed by atoms with van der Waals surface area (Å²) < 4.78 is 6.69. The molecule has 0 unspecified atom stereocenters. The fourth-order valence-corrected chi connectivity index (χ4v) is 3.25. The molecule has 9 nitrogen and oxygen atoms in total. The zero-order valence-electron chi connectivity index (χ0n) is 18.2. The highest BCUT2D eigenvalue weighted by Gasteiger charge is 2.13. The molecule has 9 heteroatoms. The van der Waals surface area contributed by atoms with Crippen LogP contribution in [0.25, 0.3) is 0 Å². The van der Waals surface area contributed by atoms with Crippen LogP contribution in [-0.4, -0.2) is 45.7 Å². The number of anilines is 1. The van der Waals surface area contributed by atoms with E-state index in [2.05, 4.69) is 20.7 Å².